The minimum atomic E-state index is -4.19. The quantitative estimate of drug-likeness (QED) is 0.518. The van der Waals surface area contributed by atoms with Gasteiger partial charge in [0.15, 0.2) is 5.82 Å². The number of primary sulfonamides is 1. The number of benzene rings is 1. The lowest BCUT2D eigenvalue weighted by Crippen LogP contribution is -2.29. The minimum absolute atomic E-state index is 0.0152. The number of carbonyl (C=O) groups is 1. The molecular weight excluding hydrogens is 429 g/mol. The van der Waals surface area contributed by atoms with Crippen molar-refractivity contribution in [1.82, 2.24) is 15.5 Å². The van der Waals surface area contributed by atoms with Crippen molar-refractivity contribution in [2.24, 2.45) is 5.14 Å². The van der Waals surface area contributed by atoms with Gasteiger partial charge in [0.05, 0.1) is 12.3 Å². The molecule has 1 aromatic heterocycles. The van der Waals surface area contributed by atoms with Crippen LogP contribution in [0.1, 0.15) is 43.7 Å². The van der Waals surface area contributed by atoms with E-state index >= 15 is 0 Å². The van der Waals surface area contributed by atoms with Crippen LogP contribution in [0.25, 0.3) is 0 Å². The zero-order valence-electron chi connectivity index (χ0n) is 16.7. The zero-order valence-corrected chi connectivity index (χ0v) is 17.5. The fourth-order valence-corrected chi connectivity index (χ4v) is 4.50. The van der Waals surface area contributed by atoms with Gasteiger partial charge in [0, 0.05) is 30.3 Å². The predicted molar refractivity (Wildman–Crippen MR) is 109 cm³/mol. The fraction of sp³-hybridized carbons (Fsp3) is 0.474. The van der Waals surface area contributed by atoms with Gasteiger partial charge in [0.25, 0.3) is 0 Å². The van der Waals surface area contributed by atoms with Crippen LogP contribution in [-0.4, -0.2) is 44.0 Å². The van der Waals surface area contributed by atoms with E-state index in [2.05, 4.69) is 20.8 Å². The lowest BCUT2D eigenvalue weighted by molar-refractivity contribution is 0.0999. The number of carbonyl (C=O) groups excluding carboxylic acids is 1. The third-order valence-electron chi connectivity index (χ3n) is 5.40. The maximum atomic E-state index is 14.6. The van der Waals surface area contributed by atoms with E-state index in [0.717, 1.165) is 24.6 Å². The normalized spacial score (nSPS) is 22.3. The third-order valence-corrected chi connectivity index (χ3v) is 6.33. The number of ether oxygens (including phenoxy) is 2. The topological polar surface area (TPSA) is 148 Å². The number of nitrogens with zero attached hydrogens (tertiary/aromatic N) is 1. The van der Waals surface area contributed by atoms with Gasteiger partial charge >= 0.3 is 6.09 Å². The Morgan fingerprint density at radius 3 is 2.84 bits per heavy atom. The number of halogens is 1. The van der Waals surface area contributed by atoms with Crippen LogP contribution in [0.4, 0.5) is 20.7 Å². The third kappa shape index (κ3) is 5.07. The molecule has 5 N–H and O–H groups in total. The van der Waals surface area contributed by atoms with Crippen molar-refractivity contribution in [2.75, 3.05) is 18.5 Å². The van der Waals surface area contributed by atoms with Crippen molar-refractivity contribution in [2.45, 2.75) is 49.0 Å². The number of aromatic amines is 1. The lowest BCUT2D eigenvalue weighted by atomic mass is 10.0. The van der Waals surface area contributed by atoms with Crippen LogP contribution in [0.5, 0.6) is 5.75 Å². The summed E-state index contributed by atoms with van der Waals surface area (Å²) in [6, 6.07) is 3.84. The molecule has 0 saturated heterocycles. The summed E-state index contributed by atoms with van der Waals surface area (Å²) in [6.07, 6.45) is 2.74. The van der Waals surface area contributed by atoms with Gasteiger partial charge in [0.2, 0.25) is 10.0 Å². The average Bonchev–Trinajstić information content (AvgIpc) is 3.34. The highest BCUT2D eigenvalue weighted by Gasteiger charge is 2.30. The number of anilines is 2. The lowest BCUT2D eigenvalue weighted by Gasteiger charge is -2.15. The number of nitrogens with two attached hydrogens (primary N) is 1. The highest BCUT2D eigenvalue weighted by Crippen LogP contribution is 2.37. The molecule has 2 heterocycles. The van der Waals surface area contributed by atoms with E-state index in [9.17, 15) is 17.6 Å². The molecule has 6 bridgehead atoms. The molecule has 0 radical (unpaired) electrons. The van der Waals surface area contributed by atoms with E-state index in [4.69, 9.17) is 14.6 Å². The molecular formula is C19H24FN5O5S. The predicted octanol–water partition coefficient (Wildman–Crippen LogP) is 2.47. The summed E-state index contributed by atoms with van der Waals surface area (Å²) in [6.45, 7) is 0.543. The van der Waals surface area contributed by atoms with E-state index in [1.54, 1.807) is 6.07 Å². The first-order valence-corrected chi connectivity index (χ1v) is 11.6. The van der Waals surface area contributed by atoms with Gasteiger partial charge in [0.1, 0.15) is 22.6 Å². The van der Waals surface area contributed by atoms with Crippen LogP contribution in [0.2, 0.25) is 0 Å². The van der Waals surface area contributed by atoms with Gasteiger partial charge in [-0.2, -0.15) is 5.10 Å². The van der Waals surface area contributed by atoms with Crippen LogP contribution in [-0.2, 0) is 14.8 Å². The maximum Gasteiger partial charge on any atom is 0.407 e. The Labute approximate surface area is 178 Å². The zero-order chi connectivity index (χ0) is 22.0. The number of sulfonamides is 1. The number of amides is 1. The Morgan fingerprint density at radius 2 is 2.03 bits per heavy atom. The molecule has 2 atom stereocenters. The van der Waals surface area contributed by atoms with Gasteiger partial charge in [-0.25, -0.2) is 22.7 Å². The van der Waals surface area contributed by atoms with E-state index in [1.165, 1.54) is 6.07 Å². The first-order chi connectivity index (χ1) is 14.8. The monoisotopic (exact) mass is 453 g/mol. The largest absolute Gasteiger partial charge is 0.492 e. The molecule has 1 aliphatic heterocycles. The summed E-state index contributed by atoms with van der Waals surface area (Å²) in [5.74, 6) is -0.360. The van der Waals surface area contributed by atoms with Crippen molar-refractivity contribution in [3.8, 4) is 5.75 Å². The summed E-state index contributed by atoms with van der Waals surface area (Å²) < 4.78 is 49.4. The maximum absolute atomic E-state index is 14.6. The van der Waals surface area contributed by atoms with E-state index in [1.807, 2.05) is 0 Å². The second-order valence-corrected chi connectivity index (χ2v) is 9.21. The van der Waals surface area contributed by atoms with Crippen LogP contribution in [0.3, 0.4) is 0 Å². The Morgan fingerprint density at radius 1 is 1.19 bits per heavy atom. The van der Waals surface area contributed by atoms with Gasteiger partial charge in [-0.15, -0.1) is 0 Å². The van der Waals surface area contributed by atoms with Gasteiger partial charge in [-0.1, -0.05) is 0 Å². The molecule has 2 aliphatic rings. The van der Waals surface area contributed by atoms with E-state index in [-0.39, 0.29) is 30.1 Å². The molecule has 168 valence electrons. The van der Waals surface area contributed by atoms with Crippen molar-refractivity contribution < 1.29 is 27.1 Å². The first-order valence-electron chi connectivity index (χ1n) is 10.1. The summed E-state index contributed by atoms with van der Waals surface area (Å²) in [5, 5.41) is 17.9. The summed E-state index contributed by atoms with van der Waals surface area (Å²) >= 11 is 0. The van der Waals surface area contributed by atoms with Gasteiger partial charge in [-0.3, -0.25) is 5.10 Å². The average molecular weight is 453 g/mol. The molecule has 31 heavy (non-hydrogen) atoms. The van der Waals surface area contributed by atoms with Gasteiger partial charge in [-0.05, 0) is 38.2 Å². The molecule has 0 unspecified atom stereocenters. The number of hydrogen-bond acceptors (Lipinski definition) is 7. The van der Waals surface area contributed by atoms with Crippen molar-refractivity contribution in [3.05, 3.63) is 29.7 Å². The Kier molecular flexibility index (Phi) is 6.01. The first kappa shape index (κ1) is 21.4. The standard InChI is InChI=1S/C19H24FN5O5S/c20-13-8-17(31(21,27)28)16-9-15(13)23-18-10-14(24-25-18)11-3-4-12(7-11)30-19(26)22-5-1-2-6-29-16/h8-12H,1-7H2,(H,22,26)(H2,21,27,28)(H2,23,24,25)/t11-,12+/m0/s1. The van der Waals surface area contributed by atoms with E-state index < -0.39 is 26.8 Å². The molecule has 1 aliphatic carbocycles. The smallest absolute Gasteiger partial charge is 0.407 e. The summed E-state index contributed by atoms with van der Waals surface area (Å²) in [7, 11) is -4.19. The van der Waals surface area contributed by atoms with E-state index in [0.29, 0.717) is 31.6 Å². The number of rotatable bonds is 1. The molecule has 0 spiro atoms. The fourth-order valence-electron chi connectivity index (χ4n) is 3.84. The Balaban J connectivity index is 1.64. The molecule has 12 heteroatoms. The summed E-state index contributed by atoms with van der Waals surface area (Å²) in [4.78, 5) is 11.5. The molecule has 2 aromatic rings. The highest BCUT2D eigenvalue weighted by atomic mass is 32.2. The molecule has 4 rings (SSSR count). The summed E-state index contributed by atoms with van der Waals surface area (Å²) in [5.41, 5.74) is 0.856. The Hall–Kier alpha value is -2.86. The second kappa shape index (κ2) is 8.71. The van der Waals surface area contributed by atoms with Crippen LogP contribution in [0, 0.1) is 5.82 Å². The molecule has 10 nitrogen and oxygen atoms in total. The minimum Gasteiger partial charge on any atom is -0.492 e. The number of fused-ring (bicyclic) bond motifs is 7. The van der Waals surface area contributed by atoms with Crippen molar-refractivity contribution >= 4 is 27.6 Å². The highest BCUT2D eigenvalue weighted by molar-refractivity contribution is 7.89. The number of aromatic nitrogens is 2. The number of alkyl carbamates (subject to hydrolysis) is 1. The second-order valence-electron chi connectivity index (χ2n) is 7.68. The number of hydrogen-bond donors (Lipinski definition) is 4. The molecule has 1 saturated carbocycles. The van der Waals surface area contributed by atoms with Crippen molar-refractivity contribution in [1.29, 1.82) is 0 Å². The SMILES string of the molecule is NS(=O)(=O)c1cc(F)c2cc1OCCCCNC(=O)O[C@@H]1CC[C@@H](C1)c1cc(n[nH]1)N2. The van der Waals surface area contributed by atoms with Crippen LogP contribution in [0.15, 0.2) is 23.1 Å². The molecule has 1 aromatic carbocycles. The van der Waals surface area contributed by atoms with Gasteiger partial charge < -0.3 is 20.1 Å². The van der Waals surface area contributed by atoms with Crippen molar-refractivity contribution in [3.63, 3.8) is 0 Å². The number of nitrogens with one attached hydrogen (secondary N) is 3. The number of H-pyrrole nitrogens is 1. The van der Waals surface area contributed by atoms with Crippen LogP contribution >= 0.6 is 0 Å². The Bertz CT molecular complexity index is 1070. The van der Waals surface area contributed by atoms with Crippen LogP contribution < -0.4 is 20.5 Å². The molecule has 1 fully saturated rings. The molecule has 1 amide bonds.